The third-order valence-electron chi connectivity index (χ3n) is 7.15. The number of carbonyl (C=O) groups is 1. The highest BCUT2D eigenvalue weighted by Crippen LogP contribution is 2.42. The van der Waals surface area contributed by atoms with Crippen LogP contribution in [0.15, 0.2) is 29.2 Å². The summed E-state index contributed by atoms with van der Waals surface area (Å²) in [6, 6.07) is 7.31. The molecule has 1 aliphatic heterocycles. The summed E-state index contributed by atoms with van der Waals surface area (Å²) in [5.41, 5.74) is 5.33. The van der Waals surface area contributed by atoms with E-state index in [1.54, 1.807) is 12.1 Å². The Labute approximate surface area is 203 Å². The van der Waals surface area contributed by atoms with Gasteiger partial charge in [-0.1, -0.05) is 32.0 Å². The van der Waals surface area contributed by atoms with Gasteiger partial charge < -0.3 is 14.0 Å². The van der Waals surface area contributed by atoms with E-state index in [-0.39, 0.29) is 17.9 Å². The first kappa shape index (κ1) is 24.9. The van der Waals surface area contributed by atoms with Crippen molar-refractivity contribution >= 4 is 16.0 Å². The van der Waals surface area contributed by atoms with Crippen LogP contribution in [0.1, 0.15) is 61.7 Å². The molecule has 2 aromatic rings. The van der Waals surface area contributed by atoms with Crippen LogP contribution in [0.3, 0.4) is 0 Å². The molecule has 0 unspecified atom stereocenters. The monoisotopic (exact) mass is 488 g/mol. The number of ether oxygens (including phenoxy) is 2. The van der Waals surface area contributed by atoms with E-state index in [9.17, 15) is 13.2 Å². The lowest BCUT2D eigenvalue weighted by Crippen LogP contribution is -2.40. The molecule has 0 bridgehead atoms. The lowest BCUT2D eigenvalue weighted by Gasteiger charge is -2.32. The fourth-order valence-corrected chi connectivity index (χ4v) is 7.14. The fourth-order valence-electron chi connectivity index (χ4n) is 5.51. The van der Waals surface area contributed by atoms with Crippen LogP contribution >= 0.6 is 0 Å². The standard InChI is InChI=1S/C26H36N2O5S/c1-5-33-24(29)18-28-19(2)22(21-10-8-12-26(3,4)25(21)28)17-20-9-6-7-11-23(20)34(30,31)27-13-15-32-16-14-27/h6-7,9,11H,5,8,10,12-18H2,1-4H3. The lowest BCUT2D eigenvalue weighted by atomic mass is 9.75. The molecular formula is C26H36N2O5S. The van der Waals surface area contributed by atoms with Crippen LogP contribution in [0, 0.1) is 6.92 Å². The van der Waals surface area contributed by atoms with E-state index in [0.717, 1.165) is 36.1 Å². The van der Waals surface area contributed by atoms with Crippen molar-refractivity contribution in [2.75, 3.05) is 32.9 Å². The van der Waals surface area contributed by atoms with E-state index >= 15 is 0 Å². The van der Waals surface area contributed by atoms with Gasteiger partial charge in [0.25, 0.3) is 0 Å². The minimum atomic E-state index is -3.62. The van der Waals surface area contributed by atoms with E-state index in [2.05, 4.69) is 18.4 Å². The number of benzene rings is 1. The van der Waals surface area contributed by atoms with Crippen LogP contribution in [0.25, 0.3) is 0 Å². The number of aromatic nitrogens is 1. The molecule has 2 aliphatic rings. The number of nitrogens with zero attached hydrogens (tertiary/aromatic N) is 2. The summed E-state index contributed by atoms with van der Waals surface area (Å²) < 4.78 is 41.3. The fraction of sp³-hybridized carbons (Fsp3) is 0.577. The topological polar surface area (TPSA) is 77.8 Å². The van der Waals surface area contributed by atoms with Crippen molar-refractivity contribution < 1.29 is 22.7 Å². The van der Waals surface area contributed by atoms with Crippen LogP contribution in [0.5, 0.6) is 0 Å². The second-order valence-corrected chi connectivity index (χ2v) is 11.7. The van der Waals surface area contributed by atoms with Gasteiger partial charge in [0.05, 0.1) is 24.7 Å². The molecule has 1 aromatic carbocycles. The van der Waals surface area contributed by atoms with Crippen LogP contribution in [-0.4, -0.2) is 56.2 Å². The van der Waals surface area contributed by atoms with Crippen molar-refractivity contribution in [3.8, 4) is 0 Å². The molecular weight excluding hydrogens is 452 g/mol. The van der Waals surface area contributed by atoms with Crippen LogP contribution < -0.4 is 0 Å². The highest BCUT2D eigenvalue weighted by atomic mass is 32.2. The van der Waals surface area contributed by atoms with E-state index in [4.69, 9.17) is 9.47 Å². The smallest absolute Gasteiger partial charge is 0.325 e. The van der Waals surface area contributed by atoms with Crippen LogP contribution in [-0.2, 0) is 49.1 Å². The predicted octanol–water partition coefficient (Wildman–Crippen LogP) is 3.59. The molecule has 2 heterocycles. The summed E-state index contributed by atoms with van der Waals surface area (Å²) in [6.07, 6.45) is 3.57. The Morgan fingerprint density at radius 2 is 1.88 bits per heavy atom. The van der Waals surface area contributed by atoms with Gasteiger partial charge in [0.2, 0.25) is 10.0 Å². The number of hydrogen-bond donors (Lipinski definition) is 0. The summed E-state index contributed by atoms with van der Waals surface area (Å²) in [7, 11) is -3.62. The van der Waals surface area contributed by atoms with E-state index in [0.29, 0.717) is 44.2 Å². The highest BCUT2D eigenvalue weighted by Gasteiger charge is 2.36. The zero-order chi connectivity index (χ0) is 24.5. The molecule has 8 heteroatoms. The SMILES string of the molecule is CCOC(=O)Cn1c(C)c(Cc2ccccc2S(=O)(=O)N2CCOCC2)c2c1C(C)(C)CCC2. The van der Waals surface area contributed by atoms with Gasteiger partial charge in [0, 0.05) is 36.3 Å². The van der Waals surface area contributed by atoms with Crippen molar-refractivity contribution in [1.29, 1.82) is 0 Å². The molecule has 0 amide bonds. The van der Waals surface area contributed by atoms with Crippen molar-refractivity contribution in [3.05, 3.63) is 52.3 Å². The maximum absolute atomic E-state index is 13.5. The molecule has 0 radical (unpaired) electrons. The second kappa shape index (κ2) is 9.84. The molecule has 7 nitrogen and oxygen atoms in total. The number of rotatable bonds is 7. The molecule has 1 saturated heterocycles. The average Bonchev–Trinajstić information content (AvgIpc) is 3.07. The second-order valence-electron chi connectivity index (χ2n) is 9.82. The quantitative estimate of drug-likeness (QED) is 0.557. The molecule has 34 heavy (non-hydrogen) atoms. The Hall–Kier alpha value is -2.16. The molecule has 1 aliphatic carbocycles. The number of carbonyl (C=O) groups excluding carboxylic acids is 1. The van der Waals surface area contributed by atoms with Crippen LogP contribution in [0.4, 0.5) is 0 Å². The minimum absolute atomic E-state index is 0.0670. The van der Waals surface area contributed by atoms with Gasteiger partial charge in [-0.05, 0) is 55.9 Å². The first-order chi connectivity index (χ1) is 16.2. The van der Waals surface area contributed by atoms with Crippen LogP contribution in [0.2, 0.25) is 0 Å². The molecule has 1 aromatic heterocycles. The molecule has 0 N–H and O–H groups in total. The van der Waals surface area contributed by atoms with E-state index in [1.165, 1.54) is 15.6 Å². The Balaban J connectivity index is 1.78. The van der Waals surface area contributed by atoms with Crippen molar-refractivity contribution in [2.45, 2.75) is 70.2 Å². The normalized spacial score (nSPS) is 18.5. The molecule has 0 spiro atoms. The maximum atomic E-state index is 13.5. The first-order valence-corrected chi connectivity index (χ1v) is 13.6. The van der Waals surface area contributed by atoms with Gasteiger partial charge >= 0.3 is 5.97 Å². The summed E-state index contributed by atoms with van der Waals surface area (Å²) in [5, 5.41) is 0. The number of hydrogen-bond acceptors (Lipinski definition) is 5. The Morgan fingerprint density at radius 3 is 2.59 bits per heavy atom. The number of sulfonamides is 1. The predicted molar refractivity (Wildman–Crippen MR) is 131 cm³/mol. The maximum Gasteiger partial charge on any atom is 0.325 e. The summed E-state index contributed by atoms with van der Waals surface area (Å²) >= 11 is 0. The Bertz CT molecular complexity index is 1160. The minimum Gasteiger partial charge on any atom is -0.465 e. The summed E-state index contributed by atoms with van der Waals surface area (Å²) in [6.45, 7) is 10.4. The van der Waals surface area contributed by atoms with Gasteiger partial charge in [-0.3, -0.25) is 4.79 Å². The zero-order valence-corrected chi connectivity index (χ0v) is 21.5. The zero-order valence-electron chi connectivity index (χ0n) is 20.7. The molecule has 0 atom stereocenters. The van der Waals surface area contributed by atoms with Gasteiger partial charge in [-0.2, -0.15) is 4.31 Å². The molecule has 1 fully saturated rings. The summed E-state index contributed by atoms with van der Waals surface area (Å²) in [4.78, 5) is 12.8. The largest absolute Gasteiger partial charge is 0.465 e. The molecule has 186 valence electrons. The first-order valence-electron chi connectivity index (χ1n) is 12.2. The number of esters is 1. The van der Waals surface area contributed by atoms with E-state index in [1.807, 2.05) is 26.0 Å². The Kier molecular flexibility index (Phi) is 7.22. The van der Waals surface area contributed by atoms with Crippen molar-refractivity contribution in [1.82, 2.24) is 8.87 Å². The van der Waals surface area contributed by atoms with E-state index < -0.39 is 10.0 Å². The highest BCUT2D eigenvalue weighted by molar-refractivity contribution is 7.89. The van der Waals surface area contributed by atoms with Gasteiger partial charge in [0.1, 0.15) is 6.54 Å². The third kappa shape index (κ3) is 4.68. The number of fused-ring (bicyclic) bond motifs is 1. The van der Waals surface area contributed by atoms with Crippen molar-refractivity contribution in [2.24, 2.45) is 0 Å². The van der Waals surface area contributed by atoms with Crippen molar-refractivity contribution in [3.63, 3.8) is 0 Å². The van der Waals surface area contributed by atoms with Gasteiger partial charge in [0.15, 0.2) is 0 Å². The van der Waals surface area contributed by atoms with Gasteiger partial charge in [-0.15, -0.1) is 0 Å². The summed E-state index contributed by atoms with van der Waals surface area (Å²) in [5.74, 6) is -0.244. The lowest BCUT2D eigenvalue weighted by molar-refractivity contribution is -0.143. The molecule has 4 rings (SSSR count). The average molecular weight is 489 g/mol. The van der Waals surface area contributed by atoms with Gasteiger partial charge in [-0.25, -0.2) is 8.42 Å². The third-order valence-corrected chi connectivity index (χ3v) is 9.15. The number of morpholine rings is 1. The molecule has 0 saturated carbocycles. The Morgan fingerprint density at radius 1 is 1.18 bits per heavy atom.